The highest BCUT2D eigenvalue weighted by Crippen LogP contribution is 2.36. The minimum atomic E-state index is -0.0384. The number of carbonyl (C=O) groups excluding carboxylic acids is 1. The number of anilines is 1. The normalized spacial score (nSPS) is 16.6. The van der Waals surface area contributed by atoms with Gasteiger partial charge >= 0.3 is 0 Å². The van der Waals surface area contributed by atoms with E-state index in [0.717, 1.165) is 46.7 Å². The van der Waals surface area contributed by atoms with E-state index in [1.807, 2.05) is 30.3 Å². The number of nitrogen functional groups attached to an aromatic ring is 1. The first-order chi connectivity index (χ1) is 16.0. The topological polar surface area (TPSA) is 89.6 Å². The molecule has 0 spiro atoms. The van der Waals surface area contributed by atoms with Crippen molar-refractivity contribution < 1.29 is 9.53 Å². The average Bonchev–Trinajstić information content (AvgIpc) is 3.25. The lowest BCUT2D eigenvalue weighted by Crippen LogP contribution is -2.30. The molecule has 1 unspecified atom stereocenters. The van der Waals surface area contributed by atoms with Crippen LogP contribution in [-0.4, -0.2) is 29.8 Å². The maximum absolute atomic E-state index is 12.5. The molecule has 1 aromatic heterocycles. The molecule has 0 bridgehead atoms. The molecule has 3 heterocycles. The van der Waals surface area contributed by atoms with E-state index in [1.165, 1.54) is 5.56 Å². The van der Waals surface area contributed by atoms with Gasteiger partial charge in [-0.25, -0.2) is 4.98 Å². The van der Waals surface area contributed by atoms with Gasteiger partial charge in [0.15, 0.2) is 0 Å². The summed E-state index contributed by atoms with van der Waals surface area (Å²) in [6, 6.07) is 15.9. The number of nitrogens with two attached hydrogens (primary N) is 1. The quantitative estimate of drug-likeness (QED) is 0.607. The molecule has 6 nitrogen and oxygen atoms in total. The lowest BCUT2D eigenvalue weighted by Gasteiger charge is -2.26. The number of pyridine rings is 1. The molecule has 168 valence electrons. The van der Waals surface area contributed by atoms with Crippen LogP contribution >= 0.6 is 0 Å². The second kappa shape index (κ2) is 8.70. The number of hydrogen-bond acceptors (Lipinski definition) is 5. The van der Waals surface area contributed by atoms with E-state index in [0.29, 0.717) is 30.5 Å². The standard InChI is InChI=1S/C27H28N4O2/c1-16(2)14-30-27(32)20-5-6-25-21(9-20)10-22(15-33-25)24-12-19-4-3-17(11-23(19)31-24)18-7-8-29-26(28)13-18/h3-9,11,13,16,22H,10,12,14-15H2,1-2H3,(H2,28,29)(H,30,32). The fraction of sp³-hybridized carbons (Fsp3) is 0.296. The summed E-state index contributed by atoms with van der Waals surface area (Å²) in [4.78, 5) is 21.6. The maximum atomic E-state index is 12.5. The summed E-state index contributed by atoms with van der Waals surface area (Å²) in [5, 5.41) is 2.99. The number of aromatic nitrogens is 1. The number of aliphatic imine (C=N–C) groups is 1. The lowest BCUT2D eigenvalue weighted by molar-refractivity contribution is 0.0948. The lowest BCUT2D eigenvalue weighted by atomic mass is 9.89. The van der Waals surface area contributed by atoms with E-state index in [2.05, 4.69) is 42.3 Å². The number of benzene rings is 2. The van der Waals surface area contributed by atoms with E-state index >= 15 is 0 Å². The molecule has 2 aromatic carbocycles. The van der Waals surface area contributed by atoms with Crippen LogP contribution in [0.3, 0.4) is 0 Å². The number of nitrogens with one attached hydrogen (secondary N) is 1. The molecule has 2 aliphatic heterocycles. The van der Waals surface area contributed by atoms with Gasteiger partial charge in [-0.15, -0.1) is 0 Å². The Morgan fingerprint density at radius 1 is 1.12 bits per heavy atom. The molecular formula is C27H28N4O2. The monoisotopic (exact) mass is 440 g/mol. The summed E-state index contributed by atoms with van der Waals surface area (Å²) in [5.74, 6) is 1.94. The first-order valence-corrected chi connectivity index (χ1v) is 11.4. The predicted molar refractivity (Wildman–Crippen MR) is 131 cm³/mol. The third-order valence-electron chi connectivity index (χ3n) is 6.21. The van der Waals surface area contributed by atoms with Crippen molar-refractivity contribution in [2.75, 3.05) is 18.9 Å². The Morgan fingerprint density at radius 3 is 2.79 bits per heavy atom. The third kappa shape index (κ3) is 4.46. The highest BCUT2D eigenvalue weighted by Gasteiger charge is 2.28. The van der Waals surface area contributed by atoms with Crippen LogP contribution in [0.1, 0.15) is 35.3 Å². The Balaban J connectivity index is 1.34. The van der Waals surface area contributed by atoms with E-state index < -0.39 is 0 Å². The molecule has 0 radical (unpaired) electrons. The number of ether oxygens (including phenoxy) is 1. The summed E-state index contributed by atoms with van der Waals surface area (Å²) in [7, 11) is 0. The smallest absolute Gasteiger partial charge is 0.251 e. The molecule has 33 heavy (non-hydrogen) atoms. The molecule has 1 amide bonds. The first-order valence-electron chi connectivity index (χ1n) is 11.4. The first kappa shape index (κ1) is 21.2. The number of amides is 1. The van der Waals surface area contributed by atoms with Crippen LogP contribution in [0, 0.1) is 11.8 Å². The molecule has 1 atom stereocenters. The van der Waals surface area contributed by atoms with Crippen LogP contribution in [0.25, 0.3) is 11.1 Å². The molecule has 3 N–H and O–H groups in total. The van der Waals surface area contributed by atoms with Gasteiger partial charge < -0.3 is 15.8 Å². The van der Waals surface area contributed by atoms with E-state index in [9.17, 15) is 4.79 Å². The van der Waals surface area contributed by atoms with Gasteiger partial charge in [0.05, 0.1) is 12.3 Å². The zero-order valence-corrected chi connectivity index (χ0v) is 19.0. The van der Waals surface area contributed by atoms with E-state index in [-0.39, 0.29) is 11.8 Å². The van der Waals surface area contributed by atoms with Crippen LogP contribution in [0.5, 0.6) is 5.75 Å². The SMILES string of the molecule is CC(C)CNC(=O)c1ccc2c(c1)CC(C1=Nc3cc(-c4ccnc(N)c4)ccc3C1)CO2. The number of fused-ring (bicyclic) bond motifs is 2. The van der Waals surface area contributed by atoms with Crippen molar-refractivity contribution in [3.05, 3.63) is 71.4 Å². The minimum absolute atomic E-state index is 0.0384. The fourth-order valence-corrected chi connectivity index (χ4v) is 4.40. The van der Waals surface area contributed by atoms with Gasteiger partial charge in [0.2, 0.25) is 0 Å². The molecule has 0 saturated heterocycles. The molecule has 0 fully saturated rings. The van der Waals surface area contributed by atoms with Crippen LogP contribution in [-0.2, 0) is 12.8 Å². The highest BCUT2D eigenvalue weighted by molar-refractivity contribution is 5.97. The van der Waals surface area contributed by atoms with Crippen molar-refractivity contribution >= 4 is 23.1 Å². The van der Waals surface area contributed by atoms with Gasteiger partial charge in [-0.2, -0.15) is 0 Å². The van der Waals surface area contributed by atoms with Crippen LogP contribution in [0.15, 0.2) is 59.7 Å². The van der Waals surface area contributed by atoms with Gasteiger partial charge in [-0.3, -0.25) is 9.79 Å². The van der Waals surface area contributed by atoms with Gasteiger partial charge in [0.25, 0.3) is 5.91 Å². The summed E-state index contributed by atoms with van der Waals surface area (Å²) in [6.45, 7) is 5.44. The molecule has 5 rings (SSSR count). The average molecular weight is 441 g/mol. The van der Waals surface area contributed by atoms with E-state index in [1.54, 1.807) is 6.20 Å². The Kier molecular flexibility index (Phi) is 5.58. The fourth-order valence-electron chi connectivity index (χ4n) is 4.40. The van der Waals surface area contributed by atoms with E-state index in [4.69, 9.17) is 15.5 Å². The molecule has 3 aromatic rings. The predicted octanol–water partition coefficient (Wildman–Crippen LogP) is 4.60. The Bertz CT molecular complexity index is 1250. The van der Waals surface area contributed by atoms with Crippen molar-refractivity contribution in [3.63, 3.8) is 0 Å². The largest absolute Gasteiger partial charge is 0.493 e. The highest BCUT2D eigenvalue weighted by atomic mass is 16.5. The second-order valence-electron chi connectivity index (χ2n) is 9.23. The third-order valence-corrected chi connectivity index (χ3v) is 6.21. The van der Waals surface area contributed by atoms with Crippen molar-refractivity contribution in [1.29, 1.82) is 0 Å². The van der Waals surface area contributed by atoms with Crippen LogP contribution < -0.4 is 15.8 Å². The molecular weight excluding hydrogens is 412 g/mol. The van der Waals surface area contributed by atoms with Crippen molar-refractivity contribution in [3.8, 4) is 16.9 Å². The van der Waals surface area contributed by atoms with Gasteiger partial charge in [-0.05, 0) is 71.0 Å². The van der Waals surface area contributed by atoms with Crippen molar-refractivity contribution in [1.82, 2.24) is 10.3 Å². The summed E-state index contributed by atoms with van der Waals surface area (Å²) in [6.07, 6.45) is 3.37. The molecule has 0 aliphatic carbocycles. The molecule has 6 heteroatoms. The van der Waals surface area contributed by atoms with Crippen LogP contribution in [0.4, 0.5) is 11.5 Å². The van der Waals surface area contributed by atoms with Crippen molar-refractivity contribution in [2.45, 2.75) is 26.7 Å². The van der Waals surface area contributed by atoms with Gasteiger partial charge in [0.1, 0.15) is 11.6 Å². The summed E-state index contributed by atoms with van der Waals surface area (Å²) >= 11 is 0. The number of rotatable bonds is 5. The molecule has 0 saturated carbocycles. The molecule has 2 aliphatic rings. The number of nitrogens with zero attached hydrogens (tertiary/aromatic N) is 2. The second-order valence-corrected chi connectivity index (χ2v) is 9.23. The van der Waals surface area contributed by atoms with Crippen LogP contribution in [0.2, 0.25) is 0 Å². The Hall–Kier alpha value is -3.67. The zero-order chi connectivity index (χ0) is 22.9. The van der Waals surface area contributed by atoms with Crippen molar-refractivity contribution in [2.24, 2.45) is 16.8 Å². The summed E-state index contributed by atoms with van der Waals surface area (Å²) < 4.78 is 6.05. The summed E-state index contributed by atoms with van der Waals surface area (Å²) in [5.41, 5.74) is 13.1. The minimum Gasteiger partial charge on any atom is -0.493 e. The Labute approximate surface area is 193 Å². The number of carbonyl (C=O) groups is 1. The zero-order valence-electron chi connectivity index (χ0n) is 19.0. The van der Waals surface area contributed by atoms with Gasteiger partial charge in [0, 0.05) is 36.4 Å². The maximum Gasteiger partial charge on any atom is 0.251 e. The number of hydrogen-bond donors (Lipinski definition) is 2. The Morgan fingerprint density at radius 2 is 1.97 bits per heavy atom. The van der Waals surface area contributed by atoms with Gasteiger partial charge in [-0.1, -0.05) is 26.0 Å².